The molecule has 0 aliphatic heterocycles. The van der Waals surface area contributed by atoms with Crippen LogP contribution in [0.15, 0.2) is 28.5 Å². The summed E-state index contributed by atoms with van der Waals surface area (Å²) in [6.45, 7) is 8.17. The van der Waals surface area contributed by atoms with Gasteiger partial charge in [0.1, 0.15) is 11.5 Å². The van der Waals surface area contributed by atoms with Crippen LogP contribution in [0.25, 0.3) is 11.0 Å². The van der Waals surface area contributed by atoms with Gasteiger partial charge >= 0.3 is 0 Å². The van der Waals surface area contributed by atoms with E-state index in [9.17, 15) is 0 Å². The molecule has 144 valence electrons. The minimum atomic E-state index is 0.683. The number of H-pyrrole nitrogens is 1. The summed E-state index contributed by atoms with van der Waals surface area (Å²) in [7, 11) is 1.88. The van der Waals surface area contributed by atoms with Gasteiger partial charge in [0, 0.05) is 36.9 Å². The highest BCUT2D eigenvalue weighted by Crippen LogP contribution is 2.36. The molecule has 3 aromatic heterocycles. The fourth-order valence-electron chi connectivity index (χ4n) is 2.99. The van der Waals surface area contributed by atoms with Gasteiger partial charge in [-0.15, -0.1) is 0 Å². The predicted octanol–water partition coefficient (Wildman–Crippen LogP) is 5.00. The molecule has 27 heavy (non-hydrogen) atoms. The lowest BCUT2D eigenvalue weighted by molar-refractivity contribution is 0.771. The second-order valence-corrected chi connectivity index (χ2v) is 7.58. The number of nitrogens with one attached hydrogen (secondary N) is 2. The first-order chi connectivity index (χ1) is 13.1. The molecule has 6 nitrogen and oxygen atoms in total. The molecule has 0 unspecified atom stereocenters. The van der Waals surface area contributed by atoms with Crippen LogP contribution in [-0.2, 0) is 6.42 Å². The number of fused-ring (bicyclic) bond motifs is 1. The zero-order valence-electron chi connectivity index (χ0n) is 16.1. The second-order valence-electron chi connectivity index (χ2n) is 6.17. The van der Waals surface area contributed by atoms with Crippen LogP contribution in [0.3, 0.4) is 0 Å². The normalized spacial score (nSPS) is 11.1. The van der Waals surface area contributed by atoms with Gasteiger partial charge in [-0.3, -0.25) is 4.98 Å². The van der Waals surface area contributed by atoms with E-state index >= 15 is 0 Å². The fraction of sp³-hybridized carbons (Fsp3) is 0.421. The summed E-state index contributed by atoms with van der Waals surface area (Å²) in [4.78, 5) is 20.5. The van der Waals surface area contributed by atoms with Crippen LogP contribution in [0, 0.1) is 0 Å². The Hall–Kier alpha value is -1.99. The Morgan fingerprint density at radius 1 is 1.22 bits per heavy atom. The van der Waals surface area contributed by atoms with Crippen LogP contribution < -0.4 is 10.2 Å². The van der Waals surface area contributed by atoms with Crippen molar-refractivity contribution in [1.82, 2.24) is 19.9 Å². The maximum absolute atomic E-state index is 6.65. The highest BCUT2D eigenvalue weighted by Gasteiger charge is 2.20. The number of aromatic amines is 1. The Bertz CT molecular complexity index is 926. The van der Waals surface area contributed by atoms with Crippen LogP contribution in [0.5, 0.6) is 0 Å². The largest absolute Gasteiger partial charge is 0.387 e. The third-order valence-corrected chi connectivity index (χ3v) is 5.60. The van der Waals surface area contributed by atoms with E-state index in [0.717, 1.165) is 64.1 Å². The smallest absolute Gasteiger partial charge is 0.196 e. The average Bonchev–Trinajstić information content (AvgIpc) is 3.01. The summed E-state index contributed by atoms with van der Waals surface area (Å²) >= 11 is 8.15. The van der Waals surface area contributed by atoms with E-state index in [1.165, 1.54) is 11.8 Å². The van der Waals surface area contributed by atoms with Crippen LogP contribution >= 0.6 is 23.4 Å². The first-order valence-electron chi connectivity index (χ1n) is 9.24. The Morgan fingerprint density at radius 2 is 2.04 bits per heavy atom. The van der Waals surface area contributed by atoms with E-state index in [1.54, 1.807) is 6.20 Å². The number of nitrogens with zero attached hydrogens (tertiary/aromatic N) is 4. The first-order valence-corrected chi connectivity index (χ1v) is 10.4. The van der Waals surface area contributed by atoms with Gasteiger partial charge in [0.2, 0.25) is 0 Å². The Balaban J connectivity index is 2.10. The van der Waals surface area contributed by atoms with Crippen molar-refractivity contribution in [3.05, 3.63) is 29.2 Å². The van der Waals surface area contributed by atoms with Crippen LogP contribution in [0.4, 0.5) is 11.5 Å². The molecule has 0 aliphatic rings. The Labute approximate surface area is 169 Å². The molecule has 2 N–H and O–H groups in total. The molecular weight excluding hydrogens is 380 g/mol. The average molecular weight is 405 g/mol. The molecule has 0 atom stereocenters. The predicted molar refractivity (Wildman–Crippen MR) is 114 cm³/mol. The molecule has 0 bridgehead atoms. The number of anilines is 2. The van der Waals surface area contributed by atoms with Crippen LogP contribution in [0.1, 0.15) is 32.9 Å². The minimum Gasteiger partial charge on any atom is -0.387 e. The number of hydrogen-bond acceptors (Lipinski definition) is 6. The second kappa shape index (κ2) is 8.80. The molecule has 3 heterocycles. The molecule has 0 aromatic carbocycles. The standard InChI is InChI=1S/C19H25ClN6S/c1-5-8-26(7-3)18-15-16(20)14(6-2)23-17(15)24-19(25-18)27-13-9-12(21-4)10-22-11-13/h9-11,21H,5-8H2,1-4H3,(H,23,24,25). The van der Waals surface area contributed by atoms with E-state index in [1.807, 2.05) is 19.3 Å². The van der Waals surface area contributed by atoms with Crippen molar-refractivity contribution in [2.24, 2.45) is 0 Å². The third kappa shape index (κ3) is 4.14. The molecule has 0 radical (unpaired) electrons. The minimum absolute atomic E-state index is 0.683. The molecule has 8 heteroatoms. The van der Waals surface area contributed by atoms with E-state index in [0.29, 0.717) is 5.16 Å². The SMILES string of the molecule is CCCN(CC)c1nc(Sc2cncc(NC)c2)nc2[nH]c(CC)c(Cl)c12. The summed E-state index contributed by atoms with van der Waals surface area (Å²) in [6.07, 6.45) is 5.48. The topological polar surface area (TPSA) is 69.7 Å². The van der Waals surface area contributed by atoms with Gasteiger partial charge in [0.05, 0.1) is 22.3 Å². The molecule has 0 amide bonds. The molecule has 0 fully saturated rings. The number of aryl methyl sites for hydroxylation is 1. The lowest BCUT2D eigenvalue weighted by atomic mass is 10.2. The summed E-state index contributed by atoms with van der Waals surface area (Å²) in [6, 6.07) is 2.04. The Kier molecular flexibility index (Phi) is 6.44. The molecule has 0 saturated carbocycles. The maximum Gasteiger partial charge on any atom is 0.196 e. The van der Waals surface area contributed by atoms with Crippen molar-refractivity contribution in [2.45, 2.75) is 43.7 Å². The molecule has 0 saturated heterocycles. The van der Waals surface area contributed by atoms with Crippen molar-refractivity contribution in [3.8, 4) is 0 Å². The van der Waals surface area contributed by atoms with Gasteiger partial charge in [0.15, 0.2) is 5.16 Å². The van der Waals surface area contributed by atoms with E-state index < -0.39 is 0 Å². The molecule has 3 rings (SSSR count). The van der Waals surface area contributed by atoms with E-state index in [2.05, 4.69) is 41.0 Å². The van der Waals surface area contributed by atoms with Gasteiger partial charge in [0.25, 0.3) is 0 Å². The van der Waals surface area contributed by atoms with Gasteiger partial charge in [-0.05, 0) is 37.6 Å². The zero-order chi connectivity index (χ0) is 19.4. The lowest BCUT2D eigenvalue weighted by Gasteiger charge is -2.22. The van der Waals surface area contributed by atoms with Crippen LogP contribution in [-0.4, -0.2) is 40.1 Å². The maximum atomic E-state index is 6.65. The summed E-state index contributed by atoms with van der Waals surface area (Å²) in [5.74, 6) is 0.894. The van der Waals surface area contributed by atoms with E-state index in [-0.39, 0.29) is 0 Å². The van der Waals surface area contributed by atoms with Crippen LogP contribution in [0.2, 0.25) is 5.02 Å². The van der Waals surface area contributed by atoms with Crippen molar-refractivity contribution in [2.75, 3.05) is 30.4 Å². The molecule has 0 spiro atoms. The number of aromatic nitrogens is 4. The van der Waals surface area contributed by atoms with Gasteiger partial charge in [-0.2, -0.15) is 0 Å². The highest BCUT2D eigenvalue weighted by molar-refractivity contribution is 7.99. The van der Waals surface area contributed by atoms with Crippen molar-refractivity contribution < 1.29 is 0 Å². The van der Waals surface area contributed by atoms with Crippen molar-refractivity contribution >= 4 is 45.9 Å². The molecular formula is C19H25ClN6S. The monoisotopic (exact) mass is 404 g/mol. The number of pyridine rings is 1. The third-order valence-electron chi connectivity index (χ3n) is 4.36. The van der Waals surface area contributed by atoms with Crippen molar-refractivity contribution in [1.29, 1.82) is 0 Å². The summed E-state index contributed by atoms with van der Waals surface area (Å²) in [5.41, 5.74) is 2.74. The number of hydrogen-bond donors (Lipinski definition) is 2. The quantitative estimate of drug-likeness (QED) is 0.515. The van der Waals surface area contributed by atoms with E-state index in [4.69, 9.17) is 21.6 Å². The summed E-state index contributed by atoms with van der Waals surface area (Å²) in [5, 5.41) is 5.43. The fourth-order valence-corrected chi connectivity index (χ4v) is 4.12. The first kappa shape index (κ1) is 19.8. The molecule has 0 aliphatic carbocycles. The molecule has 3 aromatic rings. The van der Waals surface area contributed by atoms with Gasteiger partial charge in [-0.25, -0.2) is 9.97 Å². The lowest BCUT2D eigenvalue weighted by Crippen LogP contribution is -2.25. The van der Waals surface area contributed by atoms with Gasteiger partial charge < -0.3 is 15.2 Å². The summed E-state index contributed by atoms with van der Waals surface area (Å²) < 4.78 is 0. The number of rotatable bonds is 8. The zero-order valence-corrected chi connectivity index (χ0v) is 17.7. The highest BCUT2D eigenvalue weighted by atomic mass is 35.5. The Morgan fingerprint density at radius 3 is 2.70 bits per heavy atom. The number of halogens is 1. The van der Waals surface area contributed by atoms with Crippen molar-refractivity contribution in [3.63, 3.8) is 0 Å². The van der Waals surface area contributed by atoms with Gasteiger partial charge in [-0.1, -0.05) is 25.4 Å².